The van der Waals surface area contributed by atoms with Crippen molar-refractivity contribution in [2.24, 2.45) is 10.7 Å². The van der Waals surface area contributed by atoms with E-state index in [1.165, 1.54) is 11.8 Å². The maximum atomic E-state index is 10.4. The maximum absolute atomic E-state index is 10.4. The van der Waals surface area contributed by atoms with Crippen molar-refractivity contribution in [3.05, 3.63) is 0 Å². The van der Waals surface area contributed by atoms with Crippen LogP contribution in [0.4, 0.5) is 0 Å². The minimum absolute atomic E-state index is 0.283. The first-order chi connectivity index (χ1) is 6.70. The van der Waals surface area contributed by atoms with Gasteiger partial charge in [-0.1, -0.05) is 11.8 Å². The Morgan fingerprint density at radius 1 is 1.64 bits per heavy atom. The summed E-state index contributed by atoms with van der Waals surface area (Å²) in [5.74, 6) is -0.283. The molecule has 14 heavy (non-hydrogen) atoms. The van der Waals surface area contributed by atoms with E-state index in [-0.39, 0.29) is 5.91 Å². The van der Waals surface area contributed by atoms with Crippen molar-refractivity contribution in [1.29, 1.82) is 5.26 Å². The Balaban J connectivity index is 3.58. The van der Waals surface area contributed by atoms with E-state index in [4.69, 9.17) is 11.0 Å². The minimum atomic E-state index is -0.283. The van der Waals surface area contributed by atoms with Crippen molar-refractivity contribution in [3.8, 4) is 6.19 Å². The molecular weight excluding hydrogens is 200 g/mol. The number of nitrogens with one attached hydrogen (secondary N) is 1. The first-order valence-corrected chi connectivity index (χ1v) is 5.45. The number of nitrogens with two attached hydrogens (primary N) is 1. The molecule has 0 bridgehead atoms. The lowest BCUT2D eigenvalue weighted by Crippen LogP contribution is -2.14. The summed E-state index contributed by atoms with van der Waals surface area (Å²) in [6.45, 7) is 0.609. The third kappa shape index (κ3) is 7.43. The van der Waals surface area contributed by atoms with Crippen LogP contribution in [0.3, 0.4) is 0 Å². The summed E-state index contributed by atoms with van der Waals surface area (Å²) in [5.41, 5.74) is 4.97. The molecule has 1 amide bonds. The molecule has 0 atom stereocenters. The van der Waals surface area contributed by atoms with Crippen molar-refractivity contribution >= 4 is 22.8 Å². The highest BCUT2D eigenvalue weighted by molar-refractivity contribution is 8.13. The molecule has 0 fully saturated rings. The fourth-order valence-corrected chi connectivity index (χ4v) is 1.16. The highest BCUT2D eigenvalue weighted by Gasteiger charge is 1.95. The van der Waals surface area contributed by atoms with Crippen molar-refractivity contribution < 1.29 is 4.79 Å². The molecule has 0 aromatic rings. The molecule has 0 aliphatic carbocycles. The average Bonchev–Trinajstić information content (AvgIpc) is 2.15. The molecule has 0 saturated heterocycles. The van der Waals surface area contributed by atoms with Gasteiger partial charge in [0.25, 0.3) is 0 Å². The van der Waals surface area contributed by atoms with Crippen LogP contribution in [-0.2, 0) is 4.79 Å². The first kappa shape index (κ1) is 12.8. The number of hydrogen-bond donors (Lipinski definition) is 2. The third-order valence-corrected chi connectivity index (χ3v) is 2.06. The van der Waals surface area contributed by atoms with Crippen molar-refractivity contribution in [1.82, 2.24) is 5.32 Å². The number of amides is 1. The normalized spacial score (nSPS) is 10.7. The van der Waals surface area contributed by atoms with Gasteiger partial charge in [-0.15, -0.1) is 0 Å². The summed E-state index contributed by atoms with van der Waals surface area (Å²) in [4.78, 5) is 14.5. The van der Waals surface area contributed by atoms with E-state index in [9.17, 15) is 4.79 Å². The van der Waals surface area contributed by atoms with E-state index in [0.29, 0.717) is 18.1 Å². The lowest BCUT2D eigenvalue weighted by Gasteiger charge is -1.99. The predicted molar refractivity (Wildman–Crippen MR) is 57.6 cm³/mol. The van der Waals surface area contributed by atoms with Gasteiger partial charge in [-0.2, -0.15) is 5.26 Å². The topological polar surface area (TPSA) is 91.3 Å². The lowest BCUT2D eigenvalue weighted by molar-refractivity contribution is -0.118. The minimum Gasteiger partial charge on any atom is -0.370 e. The molecule has 0 aromatic heterocycles. The third-order valence-electron chi connectivity index (χ3n) is 1.44. The van der Waals surface area contributed by atoms with Crippen molar-refractivity contribution in [2.75, 3.05) is 12.8 Å². The van der Waals surface area contributed by atoms with E-state index in [2.05, 4.69) is 10.3 Å². The zero-order chi connectivity index (χ0) is 10.8. The van der Waals surface area contributed by atoms with Gasteiger partial charge in [-0.3, -0.25) is 15.1 Å². The van der Waals surface area contributed by atoms with Gasteiger partial charge in [-0.05, 0) is 19.1 Å². The summed E-state index contributed by atoms with van der Waals surface area (Å²) in [7, 11) is 0. The predicted octanol–water partition coefficient (Wildman–Crippen LogP) is 0.432. The van der Waals surface area contributed by atoms with E-state index in [0.717, 1.165) is 12.8 Å². The van der Waals surface area contributed by atoms with E-state index >= 15 is 0 Å². The monoisotopic (exact) mass is 214 g/mol. The van der Waals surface area contributed by atoms with Gasteiger partial charge in [0.1, 0.15) is 0 Å². The summed E-state index contributed by atoms with van der Waals surface area (Å²) < 4.78 is 0. The number of carbonyl (C=O) groups is 1. The molecule has 0 aliphatic rings. The van der Waals surface area contributed by atoms with Crippen LogP contribution in [0.15, 0.2) is 4.99 Å². The summed E-state index contributed by atoms with van der Waals surface area (Å²) in [6.07, 6.45) is 5.59. The van der Waals surface area contributed by atoms with Gasteiger partial charge in [-0.25, -0.2) is 0 Å². The molecule has 0 radical (unpaired) electrons. The number of amidine groups is 1. The molecule has 6 heteroatoms. The second-order valence-corrected chi connectivity index (χ2v) is 3.35. The zero-order valence-corrected chi connectivity index (χ0v) is 8.93. The number of aliphatic imine (C=N–C) groups is 1. The Morgan fingerprint density at radius 3 is 2.86 bits per heavy atom. The Labute approximate surface area is 87.8 Å². The number of unbranched alkanes of at least 4 members (excludes halogenated alkanes) is 1. The number of hydrogen-bond acceptors (Lipinski definition) is 4. The molecule has 0 saturated carbocycles. The number of carbonyl (C=O) groups excluding carboxylic acids is 1. The lowest BCUT2D eigenvalue weighted by atomic mass is 10.2. The Morgan fingerprint density at radius 2 is 2.36 bits per heavy atom. The van der Waals surface area contributed by atoms with E-state index in [1.807, 2.05) is 6.26 Å². The number of primary amides is 1. The van der Waals surface area contributed by atoms with Crippen LogP contribution in [0.25, 0.3) is 0 Å². The van der Waals surface area contributed by atoms with Gasteiger partial charge < -0.3 is 5.73 Å². The number of thioether (sulfide) groups is 1. The van der Waals surface area contributed by atoms with E-state index < -0.39 is 0 Å². The highest BCUT2D eigenvalue weighted by Crippen LogP contribution is 1.98. The van der Waals surface area contributed by atoms with Gasteiger partial charge in [0.05, 0.1) is 0 Å². The molecule has 0 aliphatic heterocycles. The van der Waals surface area contributed by atoms with Crippen molar-refractivity contribution in [3.63, 3.8) is 0 Å². The van der Waals surface area contributed by atoms with Crippen LogP contribution in [0, 0.1) is 11.5 Å². The molecule has 3 N–H and O–H groups in total. The molecule has 78 valence electrons. The molecule has 0 unspecified atom stereocenters. The van der Waals surface area contributed by atoms with E-state index in [1.54, 1.807) is 6.19 Å². The summed E-state index contributed by atoms with van der Waals surface area (Å²) in [5, 5.41) is 11.4. The molecule has 0 rings (SSSR count). The Bertz CT molecular complexity index is 246. The molecule has 5 nitrogen and oxygen atoms in total. The standard InChI is InChI=1S/C8H14N4OS/c1-14-8(12-6-9)11-5-3-2-4-7(10)13/h2-5H2,1H3,(H2,10,13)(H,11,12). The van der Waals surface area contributed by atoms with Crippen molar-refractivity contribution in [2.45, 2.75) is 19.3 Å². The van der Waals surface area contributed by atoms with Crippen LogP contribution in [0.2, 0.25) is 0 Å². The van der Waals surface area contributed by atoms with Crippen LogP contribution in [0.5, 0.6) is 0 Å². The second-order valence-electron chi connectivity index (χ2n) is 2.55. The maximum Gasteiger partial charge on any atom is 0.217 e. The van der Waals surface area contributed by atoms with Gasteiger partial charge in [0.15, 0.2) is 11.4 Å². The average molecular weight is 214 g/mol. The largest absolute Gasteiger partial charge is 0.370 e. The smallest absolute Gasteiger partial charge is 0.217 e. The SMILES string of the molecule is CSC(=NCCCCC(N)=O)NC#N. The molecule has 0 spiro atoms. The Kier molecular flexibility index (Phi) is 7.65. The fourth-order valence-electron chi connectivity index (χ4n) is 0.795. The van der Waals surface area contributed by atoms with Gasteiger partial charge >= 0.3 is 0 Å². The molecular formula is C8H14N4OS. The zero-order valence-electron chi connectivity index (χ0n) is 8.12. The second kappa shape index (κ2) is 8.38. The number of rotatable bonds is 5. The number of nitriles is 1. The summed E-state index contributed by atoms with van der Waals surface area (Å²) >= 11 is 1.38. The van der Waals surface area contributed by atoms with Crippen LogP contribution in [0.1, 0.15) is 19.3 Å². The Hall–Kier alpha value is -1.22. The number of nitrogens with zero attached hydrogens (tertiary/aromatic N) is 2. The van der Waals surface area contributed by atoms with Crippen LogP contribution in [-0.4, -0.2) is 23.9 Å². The fraction of sp³-hybridized carbons (Fsp3) is 0.625. The highest BCUT2D eigenvalue weighted by atomic mass is 32.2. The molecule has 0 aromatic carbocycles. The van der Waals surface area contributed by atoms with Crippen LogP contribution >= 0.6 is 11.8 Å². The quantitative estimate of drug-likeness (QED) is 0.228. The van der Waals surface area contributed by atoms with Gasteiger partial charge in [0.2, 0.25) is 5.91 Å². The molecule has 0 heterocycles. The van der Waals surface area contributed by atoms with Crippen LogP contribution < -0.4 is 11.1 Å². The summed E-state index contributed by atoms with van der Waals surface area (Å²) in [6, 6.07) is 0. The first-order valence-electron chi connectivity index (χ1n) is 4.22. The van der Waals surface area contributed by atoms with Gasteiger partial charge in [0, 0.05) is 13.0 Å².